The summed E-state index contributed by atoms with van der Waals surface area (Å²) in [7, 11) is 0. The number of pyridine rings is 1. The number of anilines is 2. The summed E-state index contributed by atoms with van der Waals surface area (Å²) in [6.45, 7) is 4.13. The van der Waals surface area contributed by atoms with Crippen LogP contribution >= 0.6 is 0 Å². The van der Waals surface area contributed by atoms with Gasteiger partial charge in [0.25, 0.3) is 0 Å². The van der Waals surface area contributed by atoms with Crippen LogP contribution in [0.1, 0.15) is 23.8 Å². The molecule has 0 spiro atoms. The van der Waals surface area contributed by atoms with Crippen LogP contribution in [-0.4, -0.2) is 53.0 Å². The Hall–Kier alpha value is -2.31. The van der Waals surface area contributed by atoms with Crippen molar-refractivity contribution in [3.63, 3.8) is 0 Å². The van der Waals surface area contributed by atoms with Crippen molar-refractivity contribution in [3.8, 4) is 0 Å². The summed E-state index contributed by atoms with van der Waals surface area (Å²) >= 11 is 0. The van der Waals surface area contributed by atoms with E-state index in [4.69, 9.17) is 10.8 Å². The van der Waals surface area contributed by atoms with Gasteiger partial charge in [0.2, 0.25) is 5.91 Å². The van der Waals surface area contributed by atoms with Crippen LogP contribution in [0.25, 0.3) is 0 Å². The van der Waals surface area contributed by atoms with Gasteiger partial charge in [-0.1, -0.05) is 0 Å². The van der Waals surface area contributed by atoms with Crippen LogP contribution in [0.4, 0.5) is 11.5 Å². The Bertz CT molecular complexity index is 532. The van der Waals surface area contributed by atoms with Gasteiger partial charge in [-0.05, 0) is 18.6 Å². The molecule has 20 heavy (non-hydrogen) atoms. The molecule has 2 rings (SSSR count). The van der Waals surface area contributed by atoms with Gasteiger partial charge in [-0.3, -0.25) is 4.79 Å². The largest absolute Gasteiger partial charge is 0.477 e. The van der Waals surface area contributed by atoms with Gasteiger partial charge in [-0.15, -0.1) is 0 Å². The maximum Gasteiger partial charge on any atom is 0.354 e. The van der Waals surface area contributed by atoms with Crippen LogP contribution in [-0.2, 0) is 4.79 Å². The maximum absolute atomic E-state index is 11.4. The molecule has 1 saturated heterocycles. The number of hydrogen-bond acceptors (Lipinski definition) is 5. The molecule has 1 amide bonds. The normalized spacial score (nSPS) is 15.8. The number of nitrogen functional groups attached to an aromatic ring is 1. The summed E-state index contributed by atoms with van der Waals surface area (Å²) in [4.78, 5) is 30.2. The number of aromatic nitrogens is 1. The molecule has 0 atom stereocenters. The van der Waals surface area contributed by atoms with E-state index in [9.17, 15) is 9.59 Å². The number of rotatable bonds is 2. The molecule has 0 aromatic carbocycles. The minimum absolute atomic E-state index is 0.0260. The predicted octanol–water partition coefficient (Wildman–Crippen LogP) is 0.421. The number of nitrogens with two attached hydrogens (primary N) is 1. The van der Waals surface area contributed by atoms with Crippen molar-refractivity contribution in [2.24, 2.45) is 0 Å². The molecule has 2 heterocycles. The number of aromatic carboxylic acids is 1. The van der Waals surface area contributed by atoms with E-state index in [0.29, 0.717) is 37.7 Å². The smallest absolute Gasteiger partial charge is 0.354 e. The highest BCUT2D eigenvalue weighted by Crippen LogP contribution is 2.22. The highest BCUT2D eigenvalue weighted by molar-refractivity contribution is 5.87. The van der Waals surface area contributed by atoms with E-state index in [1.54, 1.807) is 17.9 Å². The highest BCUT2D eigenvalue weighted by Gasteiger charge is 2.20. The van der Waals surface area contributed by atoms with Crippen molar-refractivity contribution in [3.05, 3.63) is 17.8 Å². The fraction of sp³-hybridized carbons (Fsp3) is 0.462. The molecule has 1 aliphatic rings. The monoisotopic (exact) mass is 278 g/mol. The van der Waals surface area contributed by atoms with Gasteiger partial charge >= 0.3 is 5.97 Å². The first-order chi connectivity index (χ1) is 9.49. The molecule has 0 aliphatic carbocycles. The first-order valence-electron chi connectivity index (χ1n) is 6.49. The first-order valence-corrected chi connectivity index (χ1v) is 6.49. The van der Waals surface area contributed by atoms with Gasteiger partial charge in [-0.25, -0.2) is 9.78 Å². The van der Waals surface area contributed by atoms with Crippen LogP contribution in [0.3, 0.4) is 0 Å². The minimum atomic E-state index is -1.08. The van der Waals surface area contributed by atoms with Crippen LogP contribution in [0.15, 0.2) is 12.1 Å². The van der Waals surface area contributed by atoms with Crippen LogP contribution in [0, 0.1) is 0 Å². The topological polar surface area (TPSA) is 99.8 Å². The number of carbonyl (C=O) groups is 2. The van der Waals surface area contributed by atoms with E-state index in [2.05, 4.69) is 4.98 Å². The molecule has 1 aromatic rings. The fourth-order valence-electron chi connectivity index (χ4n) is 2.28. The zero-order valence-corrected chi connectivity index (χ0v) is 11.4. The lowest BCUT2D eigenvalue weighted by atomic mass is 10.3. The Morgan fingerprint density at radius 1 is 1.25 bits per heavy atom. The summed E-state index contributed by atoms with van der Waals surface area (Å²) in [6.07, 6.45) is 0.804. The molecule has 7 heteroatoms. The third kappa shape index (κ3) is 2.98. The summed E-state index contributed by atoms with van der Waals surface area (Å²) in [5.74, 6) is -0.547. The number of nitrogens with zero attached hydrogens (tertiary/aromatic N) is 3. The fourth-order valence-corrected chi connectivity index (χ4v) is 2.28. The molecule has 0 saturated carbocycles. The number of hydrogen-bond donors (Lipinski definition) is 2. The number of carboxylic acids is 1. The van der Waals surface area contributed by atoms with Gasteiger partial charge in [-0.2, -0.15) is 0 Å². The second-order valence-corrected chi connectivity index (χ2v) is 4.76. The van der Waals surface area contributed by atoms with E-state index >= 15 is 0 Å². The molecular weight excluding hydrogens is 260 g/mol. The standard InChI is InChI=1S/C13H18N4O3/c1-9(18)16-5-2-6-17(8-7-16)12-10(14)3-4-11(15-12)13(19)20/h3-4H,2,5-8,14H2,1H3,(H,19,20). The molecule has 0 unspecified atom stereocenters. The zero-order chi connectivity index (χ0) is 14.7. The van der Waals surface area contributed by atoms with Crippen molar-refractivity contribution in [2.45, 2.75) is 13.3 Å². The molecule has 1 aromatic heterocycles. The van der Waals surface area contributed by atoms with Crippen LogP contribution in [0.2, 0.25) is 0 Å². The van der Waals surface area contributed by atoms with Crippen molar-refractivity contribution >= 4 is 23.4 Å². The van der Waals surface area contributed by atoms with E-state index in [-0.39, 0.29) is 11.6 Å². The number of carbonyl (C=O) groups excluding carboxylic acids is 1. The third-order valence-electron chi connectivity index (χ3n) is 3.37. The second-order valence-electron chi connectivity index (χ2n) is 4.76. The van der Waals surface area contributed by atoms with Crippen molar-refractivity contribution < 1.29 is 14.7 Å². The second kappa shape index (κ2) is 5.77. The van der Waals surface area contributed by atoms with Crippen LogP contribution in [0.5, 0.6) is 0 Å². The molecule has 108 valence electrons. The molecule has 0 radical (unpaired) electrons. The van der Waals surface area contributed by atoms with Crippen molar-refractivity contribution in [1.82, 2.24) is 9.88 Å². The number of carboxylic acid groups (broad SMARTS) is 1. The Labute approximate surface area is 117 Å². The first kappa shape index (κ1) is 14.1. The zero-order valence-electron chi connectivity index (χ0n) is 11.4. The average molecular weight is 278 g/mol. The SMILES string of the molecule is CC(=O)N1CCCN(c2nc(C(=O)O)ccc2N)CC1. The summed E-state index contributed by atoms with van der Waals surface area (Å²) in [5, 5.41) is 8.99. The summed E-state index contributed by atoms with van der Waals surface area (Å²) in [5.41, 5.74) is 6.31. The van der Waals surface area contributed by atoms with E-state index in [1.165, 1.54) is 6.07 Å². The molecule has 1 fully saturated rings. The maximum atomic E-state index is 11.4. The lowest BCUT2D eigenvalue weighted by Gasteiger charge is -2.23. The van der Waals surface area contributed by atoms with Gasteiger partial charge < -0.3 is 20.6 Å². The van der Waals surface area contributed by atoms with Crippen LogP contribution < -0.4 is 10.6 Å². The Morgan fingerprint density at radius 3 is 2.65 bits per heavy atom. The molecular formula is C13H18N4O3. The lowest BCUT2D eigenvalue weighted by molar-refractivity contribution is -0.128. The summed E-state index contributed by atoms with van der Waals surface area (Å²) < 4.78 is 0. The Kier molecular flexibility index (Phi) is 4.07. The summed E-state index contributed by atoms with van der Waals surface area (Å²) in [6, 6.07) is 2.94. The van der Waals surface area contributed by atoms with Gasteiger partial charge in [0.15, 0.2) is 11.5 Å². The Balaban J connectivity index is 2.21. The highest BCUT2D eigenvalue weighted by atomic mass is 16.4. The van der Waals surface area contributed by atoms with E-state index in [0.717, 1.165) is 6.42 Å². The molecule has 0 bridgehead atoms. The molecule has 3 N–H and O–H groups in total. The average Bonchev–Trinajstić information content (AvgIpc) is 2.64. The number of amides is 1. The molecule has 1 aliphatic heterocycles. The quantitative estimate of drug-likeness (QED) is 0.813. The minimum Gasteiger partial charge on any atom is -0.477 e. The Morgan fingerprint density at radius 2 is 2.00 bits per heavy atom. The van der Waals surface area contributed by atoms with Crippen molar-refractivity contribution in [2.75, 3.05) is 36.8 Å². The van der Waals surface area contributed by atoms with Crippen molar-refractivity contribution in [1.29, 1.82) is 0 Å². The van der Waals surface area contributed by atoms with Gasteiger partial charge in [0, 0.05) is 33.1 Å². The van der Waals surface area contributed by atoms with Gasteiger partial charge in [0.1, 0.15) is 0 Å². The van der Waals surface area contributed by atoms with E-state index < -0.39 is 5.97 Å². The lowest BCUT2D eigenvalue weighted by Crippen LogP contribution is -2.34. The predicted molar refractivity (Wildman–Crippen MR) is 74.7 cm³/mol. The third-order valence-corrected chi connectivity index (χ3v) is 3.37. The molecule has 7 nitrogen and oxygen atoms in total. The van der Waals surface area contributed by atoms with Gasteiger partial charge in [0.05, 0.1) is 5.69 Å². The van der Waals surface area contributed by atoms with E-state index in [1.807, 2.05) is 4.90 Å².